The summed E-state index contributed by atoms with van der Waals surface area (Å²) in [6.07, 6.45) is 1.54. The lowest BCUT2D eigenvalue weighted by Crippen LogP contribution is -2.66. The first-order valence-electron chi connectivity index (χ1n) is 6.28. The highest BCUT2D eigenvalue weighted by Crippen LogP contribution is 2.52. The van der Waals surface area contributed by atoms with Crippen molar-refractivity contribution in [2.75, 3.05) is 0 Å². The molecule has 0 radical (unpaired) electrons. The molecule has 5 heteroatoms. The van der Waals surface area contributed by atoms with E-state index in [1.165, 1.54) is 6.08 Å². The van der Waals surface area contributed by atoms with Gasteiger partial charge in [0.15, 0.2) is 11.6 Å². The molecule has 1 unspecified atom stereocenters. The summed E-state index contributed by atoms with van der Waals surface area (Å²) >= 11 is 0. The van der Waals surface area contributed by atoms with Gasteiger partial charge in [-0.3, -0.25) is 9.59 Å². The fourth-order valence-corrected chi connectivity index (χ4v) is 2.72. The summed E-state index contributed by atoms with van der Waals surface area (Å²) in [5, 5.41) is 10.7. The second-order valence-electron chi connectivity index (χ2n) is 6.88. The van der Waals surface area contributed by atoms with Gasteiger partial charge in [0.1, 0.15) is 5.60 Å². The Hall–Kier alpha value is -1.04. The van der Waals surface area contributed by atoms with E-state index in [0.717, 1.165) is 0 Å². The van der Waals surface area contributed by atoms with E-state index in [2.05, 4.69) is 0 Å². The third kappa shape index (κ3) is 1.65. The van der Waals surface area contributed by atoms with Crippen LogP contribution in [0.2, 0.25) is 0 Å². The average molecular weight is 269 g/mol. The maximum Gasteiger partial charge on any atom is 0.240 e. The van der Waals surface area contributed by atoms with E-state index in [1.807, 2.05) is 0 Å². The summed E-state index contributed by atoms with van der Waals surface area (Å²) < 4.78 is 0. The van der Waals surface area contributed by atoms with Crippen molar-refractivity contribution in [1.82, 2.24) is 0 Å². The molecule has 0 amide bonds. The molecule has 0 bridgehead atoms. The molecular formula is C14H20O5. The maximum atomic E-state index is 12.5. The fraction of sp³-hybridized carbons (Fsp3) is 0.714. The number of hydrogen-bond acceptors (Lipinski definition) is 5. The van der Waals surface area contributed by atoms with E-state index in [0.29, 0.717) is 0 Å². The van der Waals surface area contributed by atoms with Gasteiger partial charge in [0.25, 0.3) is 0 Å². The van der Waals surface area contributed by atoms with Crippen LogP contribution in [-0.4, -0.2) is 28.1 Å². The van der Waals surface area contributed by atoms with E-state index < -0.39 is 28.0 Å². The molecule has 1 fully saturated rings. The Morgan fingerprint density at radius 1 is 1.00 bits per heavy atom. The zero-order chi connectivity index (χ0) is 14.9. The molecule has 0 aromatic rings. The predicted octanol–water partition coefficient (Wildman–Crippen LogP) is 1.55. The van der Waals surface area contributed by atoms with Crippen molar-refractivity contribution in [2.45, 2.75) is 52.9 Å². The topological polar surface area (TPSA) is 72.8 Å². The summed E-state index contributed by atoms with van der Waals surface area (Å²) in [5.41, 5.74) is -3.19. The van der Waals surface area contributed by atoms with E-state index >= 15 is 0 Å². The number of Topliss-reactive ketones (excluding diaryl/α,β-unsaturated/α-hetero) is 2. The summed E-state index contributed by atoms with van der Waals surface area (Å²) in [6, 6.07) is 0. The third-order valence-electron chi connectivity index (χ3n) is 4.03. The predicted molar refractivity (Wildman–Crippen MR) is 66.9 cm³/mol. The van der Waals surface area contributed by atoms with Crippen molar-refractivity contribution in [2.24, 2.45) is 10.8 Å². The van der Waals surface area contributed by atoms with Crippen molar-refractivity contribution in [1.29, 1.82) is 0 Å². The highest BCUT2D eigenvalue weighted by atomic mass is 17.2. The molecule has 1 atom stereocenters. The smallest absolute Gasteiger partial charge is 0.240 e. The highest BCUT2D eigenvalue weighted by Gasteiger charge is 2.67. The lowest BCUT2D eigenvalue weighted by molar-refractivity contribution is -0.462. The van der Waals surface area contributed by atoms with E-state index in [9.17, 15) is 14.7 Å². The Labute approximate surface area is 112 Å². The van der Waals surface area contributed by atoms with Crippen LogP contribution in [0.5, 0.6) is 0 Å². The molecule has 1 saturated carbocycles. The molecule has 2 aliphatic rings. The van der Waals surface area contributed by atoms with Crippen molar-refractivity contribution in [3.63, 3.8) is 0 Å². The Bertz CT molecular complexity index is 498. The molecule has 2 rings (SSSR count). The van der Waals surface area contributed by atoms with Crippen LogP contribution in [0.4, 0.5) is 0 Å². The van der Waals surface area contributed by atoms with E-state index in [-0.39, 0.29) is 11.4 Å². The Morgan fingerprint density at radius 3 is 2.05 bits per heavy atom. The van der Waals surface area contributed by atoms with Crippen LogP contribution < -0.4 is 0 Å². The second-order valence-corrected chi connectivity index (χ2v) is 6.88. The van der Waals surface area contributed by atoms with Crippen LogP contribution in [0.1, 0.15) is 41.5 Å². The number of aliphatic hydroxyl groups is 1. The molecule has 5 nitrogen and oxygen atoms in total. The monoisotopic (exact) mass is 269 g/mol. The maximum absolute atomic E-state index is 12.5. The Morgan fingerprint density at radius 2 is 1.53 bits per heavy atom. The molecule has 0 saturated heterocycles. The first-order valence-corrected chi connectivity index (χ1v) is 6.28. The lowest BCUT2D eigenvalue weighted by Gasteiger charge is -2.51. The molecule has 1 heterocycles. The van der Waals surface area contributed by atoms with Crippen LogP contribution >= 0.6 is 0 Å². The summed E-state index contributed by atoms with van der Waals surface area (Å²) in [7, 11) is 0. The van der Waals surface area contributed by atoms with Gasteiger partial charge in [0, 0.05) is 0 Å². The number of fused-ring (bicyclic) bond motifs is 1. The molecular weight excluding hydrogens is 249 g/mol. The van der Waals surface area contributed by atoms with Gasteiger partial charge in [-0.25, -0.2) is 4.89 Å². The van der Waals surface area contributed by atoms with Gasteiger partial charge in [-0.1, -0.05) is 0 Å². The van der Waals surface area contributed by atoms with Crippen LogP contribution in [-0.2, 0) is 19.4 Å². The summed E-state index contributed by atoms with van der Waals surface area (Å²) in [6.45, 7) is 9.68. The second kappa shape index (κ2) is 3.53. The highest BCUT2D eigenvalue weighted by molar-refractivity contribution is 6.19. The molecule has 1 N–H and O–H groups in total. The number of carbonyl (C=O) groups excluding carboxylic acids is 2. The van der Waals surface area contributed by atoms with Crippen LogP contribution in [0.25, 0.3) is 0 Å². The summed E-state index contributed by atoms with van der Waals surface area (Å²) in [5.74, 6) is -2.82. The van der Waals surface area contributed by atoms with Gasteiger partial charge >= 0.3 is 0 Å². The fourth-order valence-electron chi connectivity index (χ4n) is 2.72. The number of carbonyl (C=O) groups is 2. The van der Waals surface area contributed by atoms with E-state index in [4.69, 9.17) is 9.78 Å². The van der Waals surface area contributed by atoms with E-state index in [1.54, 1.807) is 41.5 Å². The standard InChI is InChI=1S/C14H20O5/c1-11(2)7-8-9(15)12(3,4)10(16)13(5,6)14(8,17)19-18-11/h7,17H,1-6H3/i8+1. The zero-order valence-corrected chi connectivity index (χ0v) is 12.2. The third-order valence-corrected chi connectivity index (χ3v) is 4.03. The molecule has 0 spiro atoms. The van der Waals surface area contributed by atoms with Gasteiger partial charge in [-0.2, -0.15) is 4.89 Å². The Kier molecular flexibility index (Phi) is 2.67. The van der Waals surface area contributed by atoms with Crippen molar-refractivity contribution >= 4 is 11.6 Å². The SMILES string of the molecule is CC1(C)C=[13C]2C(=O)C(C)(C)C(=O)C(C)(C)C2(O)OO1. The van der Waals surface area contributed by atoms with Gasteiger partial charge in [0.05, 0.1) is 16.4 Å². The number of ketones is 2. The van der Waals surface area contributed by atoms with Gasteiger partial charge < -0.3 is 5.11 Å². The summed E-state index contributed by atoms with van der Waals surface area (Å²) in [4.78, 5) is 35.1. The molecule has 106 valence electrons. The van der Waals surface area contributed by atoms with Crippen LogP contribution in [0.15, 0.2) is 11.6 Å². The minimum atomic E-state index is -2.04. The first-order chi connectivity index (χ1) is 8.36. The molecule has 1 aliphatic heterocycles. The molecule has 1 aliphatic carbocycles. The largest absolute Gasteiger partial charge is 0.359 e. The minimum Gasteiger partial charge on any atom is -0.359 e. The number of hydrogen-bond donors (Lipinski definition) is 1. The molecule has 0 aromatic carbocycles. The quantitative estimate of drug-likeness (QED) is 0.410. The van der Waals surface area contributed by atoms with Gasteiger partial charge in [-0.05, 0) is 47.6 Å². The van der Waals surface area contributed by atoms with Crippen molar-refractivity contribution in [3.05, 3.63) is 11.6 Å². The van der Waals surface area contributed by atoms with Crippen LogP contribution in [0.3, 0.4) is 0 Å². The van der Waals surface area contributed by atoms with Crippen LogP contribution in [0, 0.1) is 10.8 Å². The average Bonchev–Trinajstić information content (AvgIpc) is 2.28. The number of rotatable bonds is 0. The van der Waals surface area contributed by atoms with Gasteiger partial charge in [-0.15, -0.1) is 0 Å². The van der Waals surface area contributed by atoms with Gasteiger partial charge in [0.2, 0.25) is 5.79 Å². The van der Waals surface area contributed by atoms with Crippen molar-refractivity contribution < 1.29 is 24.5 Å². The molecule has 0 aromatic heterocycles. The first kappa shape index (κ1) is 14.4. The normalized spacial score (nSPS) is 35.6. The zero-order valence-electron chi connectivity index (χ0n) is 12.2. The lowest BCUT2D eigenvalue weighted by atomic mass is 9.64. The van der Waals surface area contributed by atoms with Crippen molar-refractivity contribution in [3.8, 4) is 0 Å². The molecule has 19 heavy (non-hydrogen) atoms. The Balaban J connectivity index is 2.71. The minimum absolute atomic E-state index is 0.0957.